The number of piperidine rings is 1. The first kappa shape index (κ1) is 25.9. The van der Waals surface area contributed by atoms with Crippen LogP contribution in [0.15, 0.2) is 106 Å². The third kappa shape index (κ3) is 6.44. The lowest BCUT2D eigenvalue weighted by molar-refractivity contribution is 0.474. The first-order chi connectivity index (χ1) is 20.2. The molecule has 10 heteroatoms. The van der Waals surface area contributed by atoms with Gasteiger partial charge in [0.05, 0.1) is 17.6 Å². The van der Waals surface area contributed by atoms with Crippen molar-refractivity contribution in [3.8, 4) is 5.75 Å². The largest absolute Gasteiger partial charge is 0.507 e. The van der Waals surface area contributed by atoms with Gasteiger partial charge in [-0.2, -0.15) is 25.2 Å². The zero-order valence-corrected chi connectivity index (χ0v) is 22.4. The molecule has 0 saturated carbocycles. The molecule has 10 nitrogen and oxygen atoms in total. The zero-order valence-electron chi connectivity index (χ0n) is 22.4. The van der Waals surface area contributed by atoms with Gasteiger partial charge in [-0.05, 0) is 61.0 Å². The maximum absolute atomic E-state index is 10.4. The van der Waals surface area contributed by atoms with Crippen molar-refractivity contribution in [2.24, 2.45) is 15.3 Å². The lowest BCUT2D eigenvalue weighted by Gasteiger charge is -2.26. The second-order valence-corrected chi connectivity index (χ2v) is 9.63. The van der Waals surface area contributed by atoms with Crippen molar-refractivity contribution in [3.63, 3.8) is 0 Å². The molecule has 6 rings (SSSR count). The molecule has 41 heavy (non-hydrogen) atoms. The van der Waals surface area contributed by atoms with Gasteiger partial charge in [0.25, 0.3) is 0 Å². The molecule has 5 aromatic rings. The quantitative estimate of drug-likeness (QED) is 0.106. The van der Waals surface area contributed by atoms with Gasteiger partial charge in [-0.15, -0.1) is 5.11 Å². The summed E-state index contributed by atoms with van der Waals surface area (Å²) in [5.74, 6) is 1.37. The van der Waals surface area contributed by atoms with Crippen LogP contribution in [-0.4, -0.2) is 39.4 Å². The lowest BCUT2D eigenvalue weighted by Crippen LogP contribution is -2.31. The van der Waals surface area contributed by atoms with E-state index in [0.29, 0.717) is 29.1 Å². The molecule has 0 spiro atoms. The Balaban J connectivity index is 1.21. The van der Waals surface area contributed by atoms with Gasteiger partial charge in [0.1, 0.15) is 5.75 Å². The molecule has 1 fully saturated rings. The number of hydrogen-bond acceptors (Lipinski definition) is 10. The van der Waals surface area contributed by atoms with E-state index >= 15 is 0 Å². The number of fused-ring (bicyclic) bond motifs is 1. The number of hydrazone groups is 1. The first-order valence-corrected chi connectivity index (χ1v) is 13.6. The Labute approximate surface area is 237 Å². The molecule has 1 aliphatic heterocycles. The van der Waals surface area contributed by atoms with Crippen molar-refractivity contribution in [2.75, 3.05) is 28.7 Å². The van der Waals surface area contributed by atoms with Crippen molar-refractivity contribution in [2.45, 2.75) is 19.3 Å². The Morgan fingerprint density at radius 3 is 2.41 bits per heavy atom. The minimum Gasteiger partial charge on any atom is -0.507 e. The van der Waals surface area contributed by atoms with Crippen LogP contribution in [-0.2, 0) is 0 Å². The maximum atomic E-state index is 10.4. The number of rotatable bonds is 8. The van der Waals surface area contributed by atoms with E-state index in [2.05, 4.69) is 45.9 Å². The van der Waals surface area contributed by atoms with Crippen molar-refractivity contribution in [1.29, 1.82) is 0 Å². The van der Waals surface area contributed by atoms with Crippen molar-refractivity contribution >= 4 is 51.9 Å². The van der Waals surface area contributed by atoms with E-state index in [1.807, 2.05) is 72.8 Å². The first-order valence-electron chi connectivity index (χ1n) is 13.6. The molecule has 0 amide bonds. The fraction of sp³-hybridized carbons (Fsp3) is 0.161. The molecule has 0 bridgehead atoms. The standard InChI is InChI=1S/C31H29N9O/c41-28-17-16-25(37-38-27-15-9-11-22-10-5-6-14-26(22)27)20-23(28)21-32-39-30-34-29(33-24-12-3-1-4-13-24)35-31(36-30)40-18-7-2-8-19-40/h1,3-6,9-17,20-21,41H,2,7-8,18-19H2,(H2,33,34,35,36,39). The molecule has 3 N–H and O–H groups in total. The molecule has 0 radical (unpaired) electrons. The second kappa shape index (κ2) is 12.2. The Morgan fingerprint density at radius 2 is 1.54 bits per heavy atom. The van der Waals surface area contributed by atoms with Gasteiger partial charge in [0.15, 0.2) is 0 Å². The van der Waals surface area contributed by atoms with E-state index in [9.17, 15) is 5.11 Å². The van der Waals surface area contributed by atoms with E-state index in [1.54, 1.807) is 18.2 Å². The molecule has 1 aromatic heterocycles. The zero-order chi connectivity index (χ0) is 27.9. The van der Waals surface area contributed by atoms with Gasteiger partial charge in [-0.3, -0.25) is 0 Å². The molecule has 1 saturated heterocycles. The molecule has 4 aromatic carbocycles. The minimum atomic E-state index is 0.0655. The summed E-state index contributed by atoms with van der Waals surface area (Å²) in [6.45, 7) is 1.79. The van der Waals surface area contributed by atoms with E-state index in [1.165, 1.54) is 12.6 Å². The summed E-state index contributed by atoms with van der Waals surface area (Å²) in [4.78, 5) is 15.9. The number of nitrogens with zero attached hydrogens (tertiary/aromatic N) is 7. The summed E-state index contributed by atoms with van der Waals surface area (Å²) in [5.41, 5.74) is 5.60. The van der Waals surface area contributed by atoms with Crippen LogP contribution in [0.4, 0.5) is 34.9 Å². The summed E-state index contributed by atoms with van der Waals surface area (Å²) in [7, 11) is 0. The average Bonchev–Trinajstić information content (AvgIpc) is 3.02. The molecule has 2 heterocycles. The van der Waals surface area contributed by atoms with Crippen LogP contribution < -0.4 is 15.6 Å². The minimum absolute atomic E-state index is 0.0655. The highest BCUT2D eigenvalue weighted by atomic mass is 16.3. The topological polar surface area (TPSA) is 123 Å². The van der Waals surface area contributed by atoms with Gasteiger partial charge in [-0.1, -0.05) is 54.6 Å². The van der Waals surface area contributed by atoms with E-state index in [0.717, 1.165) is 48.1 Å². The Bertz CT molecular complexity index is 1690. The molecule has 0 atom stereocenters. The van der Waals surface area contributed by atoms with Gasteiger partial charge < -0.3 is 15.3 Å². The van der Waals surface area contributed by atoms with Crippen molar-refractivity contribution < 1.29 is 5.11 Å². The van der Waals surface area contributed by atoms with Crippen LogP contribution in [0.25, 0.3) is 10.8 Å². The summed E-state index contributed by atoms with van der Waals surface area (Å²) in [6.07, 6.45) is 4.90. The SMILES string of the molecule is Oc1ccc(N=Nc2cccc3ccccc23)cc1C=NNc1nc(Nc2ccccc2)nc(N2CCCCC2)n1. The van der Waals surface area contributed by atoms with Crippen LogP contribution in [0.5, 0.6) is 5.75 Å². The number of nitrogens with one attached hydrogen (secondary N) is 2. The van der Waals surface area contributed by atoms with Gasteiger partial charge >= 0.3 is 0 Å². The van der Waals surface area contributed by atoms with Gasteiger partial charge in [-0.25, -0.2) is 5.43 Å². The molecule has 1 aliphatic rings. The number of aromatic hydroxyl groups is 1. The predicted octanol–water partition coefficient (Wildman–Crippen LogP) is 7.33. The fourth-order valence-electron chi connectivity index (χ4n) is 4.63. The molecule has 0 aliphatic carbocycles. The highest BCUT2D eigenvalue weighted by Crippen LogP contribution is 2.29. The van der Waals surface area contributed by atoms with E-state index < -0.39 is 0 Å². The van der Waals surface area contributed by atoms with E-state index in [4.69, 9.17) is 0 Å². The average molecular weight is 544 g/mol. The lowest BCUT2D eigenvalue weighted by atomic mass is 10.1. The molecule has 0 unspecified atom stereocenters. The second-order valence-electron chi connectivity index (χ2n) is 9.63. The summed E-state index contributed by atoms with van der Waals surface area (Å²) in [6, 6.07) is 28.7. The van der Waals surface area contributed by atoms with Crippen LogP contribution >= 0.6 is 0 Å². The summed E-state index contributed by atoms with van der Waals surface area (Å²) in [5, 5.41) is 28.9. The monoisotopic (exact) mass is 543 g/mol. The summed E-state index contributed by atoms with van der Waals surface area (Å²) >= 11 is 0. The number of azo groups is 1. The van der Waals surface area contributed by atoms with Gasteiger partial charge in [0.2, 0.25) is 17.8 Å². The normalized spacial score (nSPS) is 13.7. The van der Waals surface area contributed by atoms with Crippen LogP contribution in [0.2, 0.25) is 0 Å². The third-order valence-corrected chi connectivity index (χ3v) is 6.71. The number of anilines is 4. The number of phenols is 1. The Morgan fingerprint density at radius 1 is 0.756 bits per heavy atom. The molecular formula is C31H29N9O. The number of aromatic nitrogens is 3. The number of benzene rings is 4. The smallest absolute Gasteiger partial charge is 0.250 e. The van der Waals surface area contributed by atoms with Crippen LogP contribution in [0.3, 0.4) is 0 Å². The van der Waals surface area contributed by atoms with Gasteiger partial charge in [0, 0.05) is 29.7 Å². The van der Waals surface area contributed by atoms with E-state index in [-0.39, 0.29) is 5.75 Å². The summed E-state index contributed by atoms with van der Waals surface area (Å²) < 4.78 is 0. The highest BCUT2D eigenvalue weighted by molar-refractivity contribution is 5.92. The number of hydrogen-bond donors (Lipinski definition) is 3. The number of para-hydroxylation sites is 1. The third-order valence-electron chi connectivity index (χ3n) is 6.71. The highest BCUT2D eigenvalue weighted by Gasteiger charge is 2.16. The molecular weight excluding hydrogens is 514 g/mol. The Hall–Kier alpha value is -5.38. The van der Waals surface area contributed by atoms with Crippen LogP contribution in [0, 0.1) is 0 Å². The molecule has 204 valence electrons. The predicted molar refractivity (Wildman–Crippen MR) is 163 cm³/mol. The van der Waals surface area contributed by atoms with Crippen molar-refractivity contribution in [1.82, 2.24) is 15.0 Å². The maximum Gasteiger partial charge on any atom is 0.250 e. The van der Waals surface area contributed by atoms with Crippen molar-refractivity contribution in [3.05, 3.63) is 96.6 Å². The number of phenolic OH excluding ortho intramolecular Hbond substituents is 1. The van der Waals surface area contributed by atoms with Crippen LogP contribution in [0.1, 0.15) is 24.8 Å². The Kier molecular flexibility index (Phi) is 7.70. The fourth-order valence-corrected chi connectivity index (χ4v) is 4.63.